The Morgan fingerprint density at radius 3 is 1.58 bits per heavy atom. The monoisotopic (exact) mass is 261 g/mol. The lowest BCUT2D eigenvalue weighted by atomic mass is 9.98. The first-order valence-electron chi connectivity index (χ1n) is 6.32. The highest BCUT2D eigenvalue weighted by molar-refractivity contribution is 5.31. The molecule has 1 atom stereocenters. The van der Waals surface area contributed by atoms with Gasteiger partial charge in [-0.2, -0.15) is 0 Å². The smallest absolute Gasteiger partial charge is 0.253 e. The summed E-state index contributed by atoms with van der Waals surface area (Å²) in [4.78, 5) is 0. The van der Waals surface area contributed by atoms with Gasteiger partial charge in [-0.25, -0.2) is 8.78 Å². The van der Waals surface area contributed by atoms with Crippen LogP contribution in [0.15, 0.2) is 60.7 Å². The van der Waals surface area contributed by atoms with E-state index in [4.69, 9.17) is 0 Å². The van der Waals surface area contributed by atoms with Gasteiger partial charge in [0.2, 0.25) is 0 Å². The molecule has 3 heteroatoms. The highest BCUT2D eigenvalue weighted by Gasteiger charge is 2.21. The highest BCUT2D eigenvalue weighted by atomic mass is 19.3. The Morgan fingerprint density at radius 1 is 0.789 bits per heavy atom. The second kappa shape index (κ2) is 6.43. The maximum atomic E-state index is 12.8. The minimum absolute atomic E-state index is 0.216. The zero-order valence-corrected chi connectivity index (χ0v) is 10.8. The van der Waals surface area contributed by atoms with Crippen molar-refractivity contribution in [1.29, 1.82) is 0 Å². The molecule has 0 fully saturated rings. The highest BCUT2D eigenvalue weighted by Crippen LogP contribution is 2.23. The first kappa shape index (κ1) is 13.7. The van der Waals surface area contributed by atoms with Crippen molar-refractivity contribution in [2.45, 2.75) is 25.4 Å². The minimum Gasteiger partial charge on any atom is -0.298 e. The number of rotatable bonds is 5. The van der Waals surface area contributed by atoms with E-state index in [1.807, 2.05) is 60.7 Å². The molecule has 0 saturated heterocycles. The second-order valence-electron chi connectivity index (χ2n) is 4.54. The molecule has 1 unspecified atom stereocenters. The maximum absolute atomic E-state index is 12.8. The molecule has 1 nitrogen and oxygen atoms in total. The molecule has 2 rings (SSSR count). The summed E-state index contributed by atoms with van der Waals surface area (Å²) < 4.78 is 25.5. The van der Waals surface area contributed by atoms with Crippen LogP contribution in [0.1, 0.15) is 24.1 Å². The quantitative estimate of drug-likeness (QED) is 0.857. The van der Waals surface area contributed by atoms with Gasteiger partial charge in [0, 0.05) is 0 Å². The van der Waals surface area contributed by atoms with Gasteiger partial charge in [-0.15, -0.1) is 0 Å². The molecule has 0 radical (unpaired) electrons. The fourth-order valence-electron chi connectivity index (χ4n) is 2.01. The lowest BCUT2D eigenvalue weighted by Crippen LogP contribution is -2.36. The summed E-state index contributed by atoms with van der Waals surface area (Å²) in [5, 5.41) is 3.00. The zero-order valence-electron chi connectivity index (χ0n) is 10.8. The van der Waals surface area contributed by atoms with Crippen LogP contribution in [-0.4, -0.2) is 12.5 Å². The number of alkyl halides is 2. The van der Waals surface area contributed by atoms with E-state index in [9.17, 15) is 8.78 Å². The molecule has 0 heterocycles. The molecule has 0 aliphatic heterocycles. The van der Waals surface area contributed by atoms with Gasteiger partial charge in [-0.1, -0.05) is 60.7 Å². The molecule has 2 aromatic rings. The molecular weight excluding hydrogens is 244 g/mol. The number of nitrogens with one attached hydrogen (secondary N) is 1. The van der Waals surface area contributed by atoms with Gasteiger partial charge in [0.05, 0.1) is 12.1 Å². The first-order chi connectivity index (χ1) is 9.18. The second-order valence-corrected chi connectivity index (χ2v) is 4.54. The van der Waals surface area contributed by atoms with E-state index < -0.39 is 12.5 Å². The summed E-state index contributed by atoms with van der Waals surface area (Å²) in [6.07, 6.45) is -2.38. The van der Waals surface area contributed by atoms with Crippen LogP contribution in [0.25, 0.3) is 0 Å². The van der Waals surface area contributed by atoms with Crippen LogP contribution in [0.5, 0.6) is 0 Å². The van der Waals surface area contributed by atoms with Crippen molar-refractivity contribution in [2.75, 3.05) is 0 Å². The summed E-state index contributed by atoms with van der Waals surface area (Å²) in [6, 6.07) is 18.2. The van der Waals surface area contributed by atoms with Gasteiger partial charge in [0.1, 0.15) is 0 Å². The predicted molar refractivity (Wildman–Crippen MR) is 73.3 cm³/mol. The van der Waals surface area contributed by atoms with Crippen molar-refractivity contribution in [3.05, 3.63) is 71.8 Å². The standard InChI is InChI=1S/C16H17F2N/c1-12(16(17)18)19-15(13-8-4-2-5-9-13)14-10-6-3-7-11-14/h2-12,15-16,19H,1H3. The van der Waals surface area contributed by atoms with Crippen LogP contribution < -0.4 is 5.32 Å². The van der Waals surface area contributed by atoms with Crippen molar-refractivity contribution in [3.63, 3.8) is 0 Å². The van der Waals surface area contributed by atoms with E-state index in [1.165, 1.54) is 6.92 Å². The third-order valence-corrected chi connectivity index (χ3v) is 3.07. The number of hydrogen-bond acceptors (Lipinski definition) is 1. The van der Waals surface area contributed by atoms with Crippen molar-refractivity contribution in [2.24, 2.45) is 0 Å². The van der Waals surface area contributed by atoms with E-state index in [-0.39, 0.29) is 6.04 Å². The van der Waals surface area contributed by atoms with Gasteiger partial charge < -0.3 is 0 Å². The zero-order chi connectivity index (χ0) is 13.7. The van der Waals surface area contributed by atoms with E-state index in [0.29, 0.717) is 0 Å². The van der Waals surface area contributed by atoms with Gasteiger partial charge in [-0.05, 0) is 18.1 Å². The third-order valence-electron chi connectivity index (χ3n) is 3.07. The van der Waals surface area contributed by atoms with Crippen LogP contribution in [0.4, 0.5) is 8.78 Å². The summed E-state index contributed by atoms with van der Waals surface area (Å²) in [5.74, 6) is 0. The van der Waals surface area contributed by atoms with Crippen molar-refractivity contribution >= 4 is 0 Å². The molecule has 19 heavy (non-hydrogen) atoms. The molecule has 0 amide bonds. The Labute approximate surface area is 112 Å². The average Bonchev–Trinajstić information content (AvgIpc) is 2.46. The molecule has 0 saturated carbocycles. The summed E-state index contributed by atoms with van der Waals surface area (Å²) in [6.45, 7) is 1.50. The van der Waals surface area contributed by atoms with Crippen LogP contribution >= 0.6 is 0 Å². The number of halogens is 2. The fraction of sp³-hybridized carbons (Fsp3) is 0.250. The predicted octanol–water partition coefficient (Wildman–Crippen LogP) is 4.02. The molecule has 100 valence electrons. The van der Waals surface area contributed by atoms with Gasteiger partial charge in [0.25, 0.3) is 6.43 Å². The van der Waals surface area contributed by atoms with Crippen molar-refractivity contribution < 1.29 is 8.78 Å². The summed E-state index contributed by atoms with van der Waals surface area (Å²) >= 11 is 0. The Balaban J connectivity index is 2.29. The Hall–Kier alpha value is -1.74. The van der Waals surface area contributed by atoms with E-state index in [2.05, 4.69) is 5.32 Å². The Bertz CT molecular complexity index is 445. The normalized spacial score (nSPS) is 12.9. The molecular formula is C16H17F2N. The average molecular weight is 261 g/mol. The Morgan fingerprint density at radius 2 is 1.21 bits per heavy atom. The van der Waals surface area contributed by atoms with Gasteiger partial charge in [0.15, 0.2) is 0 Å². The van der Waals surface area contributed by atoms with Crippen LogP contribution in [0.2, 0.25) is 0 Å². The number of hydrogen-bond donors (Lipinski definition) is 1. The van der Waals surface area contributed by atoms with Crippen LogP contribution in [0, 0.1) is 0 Å². The molecule has 0 spiro atoms. The molecule has 1 N–H and O–H groups in total. The first-order valence-corrected chi connectivity index (χ1v) is 6.32. The third kappa shape index (κ3) is 3.61. The topological polar surface area (TPSA) is 12.0 Å². The van der Waals surface area contributed by atoms with Crippen molar-refractivity contribution in [1.82, 2.24) is 5.32 Å². The van der Waals surface area contributed by atoms with Crippen molar-refractivity contribution in [3.8, 4) is 0 Å². The molecule has 0 aliphatic carbocycles. The summed E-state index contributed by atoms with van der Waals surface area (Å²) in [5.41, 5.74) is 1.97. The maximum Gasteiger partial charge on any atom is 0.253 e. The van der Waals surface area contributed by atoms with Gasteiger partial charge >= 0.3 is 0 Å². The van der Waals surface area contributed by atoms with E-state index in [1.54, 1.807) is 0 Å². The number of benzene rings is 2. The van der Waals surface area contributed by atoms with Gasteiger partial charge in [-0.3, -0.25) is 5.32 Å². The minimum atomic E-state index is -2.38. The van der Waals surface area contributed by atoms with E-state index in [0.717, 1.165) is 11.1 Å². The van der Waals surface area contributed by atoms with Crippen LogP contribution in [-0.2, 0) is 0 Å². The lowest BCUT2D eigenvalue weighted by Gasteiger charge is -2.24. The molecule has 0 aliphatic rings. The fourth-order valence-corrected chi connectivity index (χ4v) is 2.01. The largest absolute Gasteiger partial charge is 0.298 e. The lowest BCUT2D eigenvalue weighted by molar-refractivity contribution is 0.102. The molecule has 2 aromatic carbocycles. The SMILES string of the molecule is CC(NC(c1ccccc1)c1ccccc1)C(F)F. The molecule has 0 aromatic heterocycles. The Kier molecular flexibility index (Phi) is 4.63. The molecule has 0 bridgehead atoms. The van der Waals surface area contributed by atoms with E-state index >= 15 is 0 Å². The summed E-state index contributed by atoms with van der Waals surface area (Å²) in [7, 11) is 0. The van der Waals surface area contributed by atoms with Crippen LogP contribution in [0.3, 0.4) is 0 Å².